The molecule has 0 bridgehead atoms. The van der Waals surface area contributed by atoms with Crippen LogP contribution in [0.25, 0.3) is 11.1 Å². The van der Waals surface area contributed by atoms with Gasteiger partial charge in [-0.1, -0.05) is 91.0 Å². The predicted octanol–water partition coefficient (Wildman–Crippen LogP) is 6.32. The van der Waals surface area contributed by atoms with Crippen LogP contribution in [0.3, 0.4) is 0 Å². The van der Waals surface area contributed by atoms with Gasteiger partial charge in [-0.05, 0) is 65.9 Å². The summed E-state index contributed by atoms with van der Waals surface area (Å²) in [6.45, 7) is 2.92. The Labute approximate surface area is 288 Å². The van der Waals surface area contributed by atoms with Gasteiger partial charge in [0, 0.05) is 44.0 Å². The van der Waals surface area contributed by atoms with E-state index < -0.39 is 18.4 Å². The molecule has 5 rings (SSSR count). The number of hydrogen-bond acceptors (Lipinski definition) is 7. The number of carbonyl (C=O) groups excluding carboxylic acids is 1. The van der Waals surface area contributed by atoms with Crippen LogP contribution in [0.1, 0.15) is 78.9 Å². The minimum absolute atomic E-state index is 0.0280. The van der Waals surface area contributed by atoms with Gasteiger partial charge in [-0.25, -0.2) is 0 Å². The van der Waals surface area contributed by atoms with Crippen molar-refractivity contribution in [2.75, 3.05) is 13.6 Å². The summed E-state index contributed by atoms with van der Waals surface area (Å²) in [6, 6.07) is 33.3. The van der Waals surface area contributed by atoms with Crippen molar-refractivity contribution in [1.29, 1.82) is 0 Å². The number of aliphatic carboxylic acids is 1. The lowest BCUT2D eigenvalue weighted by Gasteiger charge is -2.39. The molecule has 4 aromatic rings. The van der Waals surface area contributed by atoms with E-state index in [2.05, 4.69) is 16.3 Å². The van der Waals surface area contributed by atoms with Crippen molar-refractivity contribution < 1.29 is 34.4 Å². The lowest BCUT2D eigenvalue weighted by atomic mass is 9.97. The fraction of sp³-hybridized carbons (Fsp3) is 0.350. The van der Waals surface area contributed by atoms with Crippen LogP contribution in [0.4, 0.5) is 0 Å². The second-order valence-corrected chi connectivity index (χ2v) is 12.7. The van der Waals surface area contributed by atoms with Crippen molar-refractivity contribution in [2.45, 2.75) is 76.4 Å². The van der Waals surface area contributed by atoms with Crippen molar-refractivity contribution in [1.82, 2.24) is 10.2 Å². The Morgan fingerprint density at radius 1 is 0.857 bits per heavy atom. The van der Waals surface area contributed by atoms with E-state index in [4.69, 9.17) is 14.6 Å². The van der Waals surface area contributed by atoms with E-state index in [0.717, 1.165) is 38.9 Å². The van der Waals surface area contributed by atoms with Crippen molar-refractivity contribution in [3.8, 4) is 11.1 Å². The number of aliphatic hydroxyl groups is 2. The molecule has 1 fully saturated rings. The summed E-state index contributed by atoms with van der Waals surface area (Å²) in [5.74, 6) is -1.08. The lowest BCUT2D eigenvalue weighted by molar-refractivity contribution is -0.253. The highest BCUT2D eigenvalue weighted by Crippen LogP contribution is 2.39. The summed E-state index contributed by atoms with van der Waals surface area (Å²) in [6.07, 6.45) is -0.660. The number of nitrogens with zero attached hydrogens (tertiary/aromatic N) is 1. The van der Waals surface area contributed by atoms with Gasteiger partial charge in [0.2, 0.25) is 5.91 Å². The number of aliphatic hydroxyl groups excluding tert-OH is 2. The number of amides is 1. The molecular formula is C40H46N2O7. The van der Waals surface area contributed by atoms with Gasteiger partial charge in [-0.2, -0.15) is 0 Å². The number of carboxylic acid groups (broad SMARTS) is 1. The zero-order valence-electron chi connectivity index (χ0n) is 28.1. The Morgan fingerprint density at radius 3 is 2.29 bits per heavy atom. The lowest BCUT2D eigenvalue weighted by Crippen LogP contribution is -2.43. The molecule has 5 atom stereocenters. The van der Waals surface area contributed by atoms with E-state index in [1.165, 1.54) is 0 Å². The van der Waals surface area contributed by atoms with Gasteiger partial charge in [-0.15, -0.1) is 0 Å². The number of nitrogens with one attached hydrogen (secondary N) is 1. The summed E-state index contributed by atoms with van der Waals surface area (Å²) in [5.41, 5.74) is 6.46. The highest BCUT2D eigenvalue weighted by atomic mass is 16.7. The minimum atomic E-state index is -0.907. The number of rotatable bonds is 15. The average molecular weight is 667 g/mol. The summed E-state index contributed by atoms with van der Waals surface area (Å²) in [4.78, 5) is 25.1. The van der Waals surface area contributed by atoms with E-state index >= 15 is 0 Å². The average Bonchev–Trinajstić information content (AvgIpc) is 3.13. The van der Waals surface area contributed by atoms with Gasteiger partial charge < -0.3 is 30.1 Å². The third kappa shape index (κ3) is 10.1. The summed E-state index contributed by atoms with van der Waals surface area (Å²) in [5, 5.41) is 32.4. The van der Waals surface area contributed by atoms with Crippen LogP contribution in [0.15, 0.2) is 103 Å². The number of carbonyl (C=O) groups is 2. The fourth-order valence-electron chi connectivity index (χ4n) is 6.11. The van der Waals surface area contributed by atoms with Gasteiger partial charge >= 0.3 is 5.97 Å². The highest BCUT2D eigenvalue weighted by Gasteiger charge is 2.34. The Hall–Kier alpha value is -4.38. The van der Waals surface area contributed by atoms with E-state index in [9.17, 15) is 19.8 Å². The molecule has 0 saturated carbocycles. The molecule has 258 valence electrons. The normalized spacial score (nSPS) is 18.9. The van der Waals surface area contributed by atoms with E-state index in [-0.39, 0.29) is 43.6 Å². The number of likely N-dealkylation sites (N-methyl/N-ethyl adjacent to an activating group) is 1. The van der Waals surface area contributed by atoms with Crippen LogP contribution in [0.2, 0.25) is 0 Å². The molecular weight excluding hydrogens is 620 g/mol. The van der Waals surface area contributed by atoms with Gasteiger partial charge in [0.15, 0.2) is 6.29 Å². The van der Waals surface area contributed by atoms with Gasteiger partial charge in [0.25, 0.3) is 0 Å². The number of hydrogen-bond donors (Lipinski definition) is 4. The van der Waals surface area contributed by atoms with Crippen LogP contribution >= 0.6 is 0 Å². The predicted molar refractivity (Wildman–Crippen MR) is 187 cm³/mol. The molecule has 9 nitrogen and oxygen atoms in total. The maximum absolute atomic E-state index is 12.2. The first-order chi connectivity index (χ1) is 23.7. The first-order valence-electron chi connectivity index (χ1n) is 16.8. The van der Waals surface area contributed by atoms with Crippen LogP contribution in [-0.4, -0.2) is 57.8 Å². The molecule has 0 spiro atoms. The topological polar surface area (TPSA) is 129 Å². The fourth-order valence-corrected chi connectivity index (χ4v) is 6.11. The molecule has 0 unspecified atom stereocenters. The second kappa shape index (κ2) is 17.3. The van der Waals surface area contributed by atoms with Crippen LogP contribution in [0, 0.1) is 0 Å². The molecule has 0 radical (unpaired) electrons. The second-order valence-electron chi connectivity index (χ2n) is 12.7. The summed E-state index contributed by atoms with van der Waals surface area (Å²) >= 11 is 0. The Balaban J connectivity index is 1.32. The van der Waals surface area contributed by atoms with E-state index in [1.807, 2.05) is 111 Å². The quantitative estimate of drug-likeness (QED) is 0.116. The standard InChI is InChI=1S/C40H46N2O7/c1-27(39(47)31-10-4-3-5-11-31)42(2)25-35-23-36(30-19-17-28(26-43)18-20-30)49-40(48-35)34-14-7-13-33(22-34)32-12-6-9-29(21-32)24-41-37(44)15-8-16-38(45)46/h3-7,9-14,17-22,27,35-36,39-40,43,47H,8,15-16,23-26H2,1-2H3,(H,41,44)(H,45,46)/t27-,35-,36+,39-,40+/m1/s1. The maximum atomic E-state index is 12.2. The molecule has 1 saturated heterocycles. The number of carboxylic acids is 1. The molecule has 1 aliphatic rings. The number of ether oxygens (including phenoxy) is 2. The maximum Gasteiger partial charge on any atom is 0.303 e. The van der Waals surface area contributed by atoms with Gasteiger partial charge in [0.05, 0.1) is 24.9 Å². The minimum Gasteiger partial charge on any atom is -0.481 e. The van der Waals surface area contributed by atoms with E-state index in [0.29, 0.717) is 25.9 Å². The molecule has 4 aromatic carbocycles. The number of benzene rings is 4. The zero-order valence-corrected chi connectivity index (χ0v) is 28.1. The van der Waals surface area contributed by atoms with Crippen molar-refractivity contribution in [3.05, 3.63) is 131 Å². The molecule has 4 N–H and O–H groups in total. The van der Waals surface area contributed by atoms with Crippen molar-refractivity contribution in [3.63, 3.8) is 0 Å². The van der Waals surface area contributed by atoms with Crippen LogP contribution in [-0.2, 0) is 32.2 Å². The third-order valence-electron chi connectivity index (χ3n) is 9.10. The van der Waals surface area contributed by atoms with E-state index in [1.54, 1.807) is 0 Å². The molecule has 1 amide bonds. The van der Waals surface area contributed by atoms with Gasteiger partial charge in [0.1, 0.15) is 0 Å². The zero-order chi connectivity index (χ0) is 34.8. The molecule has 1 heterocycles. The summed E-state index contributed by atoms with van der Waals surface area (Å²) < 4.78 is 13.2. The molecule has 9 heteroatoms. The first-order valence-corrected chi connectivity index (χ1v) is 16.8. The Morgan fingerprint density at radius 2 is 1.57 bits per heavy atom. The molecule has 0 aromatic heterocycles. The van der Waals surface area contributed by atoms with Crippen molar-refractivity contribution >= 4 is 11.9 Å². The smallest absolute Gasteiger partial charge is 0.303 e. The molecule has 0 aliphatic carbocycles. The SMILES string of the molecule is C[C@H]([C@@H](O)c1ccccc1)N(C)C[C@H]1C[C@@H](c2ccc(CO)cc2)O[C@@H](c2cccc(-c3cccc(CNC(=O)CCCC(=O)O)c3)c2)O1. The monoisotopic (exact) mass is 666 g/mol. The van der Waals surface area contributed by atoms with Crippen LogP contribution < -0.4 is 5.32 Å². The summed E-state index contributed by atoms with van der Waals surface area (Å²) in [7, 11) is 2.00. The Kier molecular flexibility index (Phi) is 12.7. The third-order valence-corrected chi connectivity index (χ3v) is 9.10. The molecule has 49 heavy (non-hydrogen) atoms. The largest absolute Gasteiger partial charge is 0.481 e. The van der Waals surface area contributed by atoms with Crippen LogP contribution in [0.5, 0.6) is 0 Å². The van der Waals surface area contributed by atoms with Crippen molar-refractivity contribution in [2.24, 2.45) is 0 Å². The molecule has 1 aliphatic heterocycles. The first kappa shape index (κ1) is 35.9. The van der Waals surface area contributed by atoms with Gasteiger partial charge in [-0.3, -0.25) is 14.5 Å². The highest BCUT2D eigenvalue weighted by molar-refractivity contribution is 5.76. The Bertz CT molecular complexity index is 1660.